The lowest BCUT2D eigenvalue weighted by atomic mass is 10.3. The number of hydrogen-bond acceptors (Lipinski definition) is 4. The summed E-state index contributed by atoms with van der Waals surface area (Å²) in [6, 6.07) is 6.52. The van der Waals surface area contributed by atoms with Gasteiger partial charge < -0.3 is 14.7 Å². The summed E-state index contributed by atoms with van der Waals surface area (Å²) < 4.78 is 6.44. The van der Waals surface area contributed by atoms with Crippen molar-refractivity contribution in [3.05, 3.63) is 45.7 Å². The molecule has 0 bridgehead atoms. The van der Waals surface area contributed by atoms with E-state index in [0.717, 1.165) is 0 Å². The predicted octanol–water partition coefficient (Wildman–Crippen LogP) is 2.66. The number of nitrogens with zero attached hydrogens (tertiary/aromatic N) is 3. The summed E-state index contributed by atoms with van der Waals surface area (Å²) in [7, 11) is 1.48. The lowest BCUT2D eigenvalue weighted by Crippen LogP contribution is -2.38. The maximum Gasteiger partial charge on any atom is 0.323 e. The smallest absolute Gasteiger partial charge is 0.323 e. The van der Waals surface area contributed by atoms with E-state index in [4.69, 9.17) is 33.0 Å². The van der Waals surface area contributed by atoms with Crippen LogP contribution in [0.25, 0.3) is 5.69 Å². The van der Waals surface area contributed by atoms with Gasteiger partial charge in [-0.1, -0.05) is 23.2 Å². The number of aliphatic carboxylic acids is 1. The Morgan fingerprint density at radius 2 is 2.04 bits per heavy atom. The van der Waals surface area contributed by atoms with E-state index in [1.54, 1.807) is 31.2 Å². The summed E-state index contributed by atoms with van der Waals surface area (Å²) in [4.78, 5) is 24.8. The van der Waals surface area contributed by atoms with Gasteiger partial charge in [-0.15, -0.1) is 0 Å². The van der Waals surface area contributed by atoms with Crippen molar-refractivity contribution >= 4 is 35.1 Å². The van der Waals surface area contributed by atoms with Crippen LogP contribution in [0.5, 0.6) is 0 Å². The number of aryl methyl sites for hydroxylation is 1. The van der Waals surface area contributed by atoms with Crippen LogP contribution in [0.2, 0.25) is 10.0 Å². The molecule has 0 unspecified atom stereocenters. The Morgan fingerprint density at radius 3 is 2.64 bits per heavy atom. The van der Waals surface area contributed by atoms with Crippen molar-refractivity contribution < 1.29 is 19.4 Å². The second kappa shape index (κ2) is 8.33. The van der Waals surface area contributed by atoms with E-state index >= 15 is 0 Å². The number of carbonyl (C=O) groups excluding carboxylic acids is 1. The van der Waals surface area contributed by atoms with Crippen LogP contribution in [0, 0.1) is 6.92 Å². The summed E-state index contributed by atoms with van der Waals surface area (Å²) in [5, 5.41) is 14.1. The van der Waals surface area contributed by atoms with Gasteiger partial charge in [-0.3, -0.25) is 9.59 Å². The Bertz CT molecular complexity index is 792. The van der Waals surface area contributed by atoms with Crippen molar-refractivity contribution in [3.63, 3.8) is 0 Å². The first-order valence-electron chi connectivity index (χ1n) is 7.35. The number of carboxylic acids is 1. The van der Waals surface area contributed by atoms with Crippen LogP contribution < -0.4 is 0 Å². The monoisotopic (exact) mass is 385 g/mol. The Morgan fingerprint density at radius 1 is 1.32 bits per heavy atom. The van der Waals surface area contributed by atoms with Crippen LogP contribution in [0.3, 0.4) is 0 Å². The Balaban J connectivity index is 2.33. The SMILES string of the molecule is COCCN(CC(=O)O)C(=O)c1cc(C)n(-c2ccc(Cl)cc2Cl)n1. The fraction of sp³-hybridized carbons (Fsp3) is 0.312. The fourth-order valence-electron chi connectivity index (χ4n) is 2.26. The Labute approximate surface area is 154 Å². The highest BCUT2D eigenvalue weighted by Crippen LogP contribution is 2.25. The number of aromatic nitrogens is 2. The minimum absolute atomic E-state index is 0.126. The Kier molecular flexibility index (Phi) is 6.41. The lowest BCUT2D eigenvalue weighted by molar-refractivity contribution is -0.137. The molecule has 0 aliphatic rings. The largest absolute Gasteiger partial charge is 0.480 e. The molecular formula is C16H17Cl2N3O4. The molecule has 7 nitrogen and oxygen atoms in total. The minimum Gasteiger partial charge on any atom is -0.480 e. The molecule has 0 saturated carbocycles. The summed E-state index contributed by atoms with van der Waals surface area (Å²) in [5.41, 5.74) is 1.37. The summed E-state index contributed by atoms with van der Waals surface area (Å²) in [6.45, 7) is 1.71. The zero-order valence-corrected chi connectivity index (χ0v) is 15.2. The van der Waals surface area contributed by atoms with Crippen LogP contribution in [-0.2, 0) is 9.53 Å². The van der Waals surface area contributed by atoms with E-state index in [2.05, 4.69) is 5.10 Å². The van der Waals surface area contributed by atoms with Gasteiger partial charge in [0.1, 0.15) is 6.54 Å². The van der Waals surface area contributed by atoms with Gasteiger partial charge in [0.15, 0.2) is 5.69 Å². The zero-order chi connectivity index (χ0) is 18.6. The van der Waals surface area contributed by atoms with Crippen molar-refractivity contribution in [1.82, 2.24) is 14.7 Å². The fourth-order valence-corrected chi connectivity index (χ4v) is 2.74. The molecule has 1 aromatic heterocycles. The number of halogens is 2. The Hall–Kier alpha value is -2.09. The summed E-state index contributed by atoms with van der Waals surface area (Å²) >= 11 is 12.1. The van der Waals surface area contributed by atoms with Crippen LogP contribution in [0.15, 0.2) is 24.3 Å². The third kappa shape index (κ3) is 4.72. The van der Waals surface area contributed by atoms with E-state index in [0.29, 0.717) is 21.4 Å². The molecule has 0 aliphatic carbocycles. The molecule has 25 heavy (non-hydrogen) atoms. The van der Waals surface area contributed by atoms with Crippen LogP contribution in [0.1, 0.15) is 16.2 Å². The van der Waals surface area contributed by atoms with Crippen molar-refractivity contribution in [3.8, 4) is 5.69 Å². The molecule has 0 radical (unpaired) electrons. The second-order valence-electron chi connectivity index (χ2n) is 5.29. The van der Waals surface area contributed by atoms with Gasteiger partial charge in [-0.05, 0) is 31.2 Å². The molecule has 2 aromatic rings. The predicted molar refractivity (Wildman–Crippen MR) is 93.7 cm³/mol. The van der Waals surface area contributed by atoms with Gasteiger partial charge in [0, 0.05) is 24.4 Å². The molecule has 0 aliphatic heterocycles. The van der Waals surface area contributed by atoms with Gasteiger partial charge in [0.2, 0.25) is 0 Å². The third-order valence-electron chi connectivity index (χ3n) is 3.42. The standard InChI is InChI=1S/C16H17Cl2N3O4/c1-10-7-13(16(24)20(5-6-25-2)9-15(22)23)19-21(10)14-4-3-11(17)8-12(14)18/h3-4,7-8H,5-6,9H2,1-2H3,(H,22,23). The third-order valence-corrected chi connectivity index (χ3v) is 3.96. The first-order chi connectivity index (χ1) is 11.8. The number of amides is 1. The average molecular weight is 386 g/mol. The van der Waals surface area contributed by atoms with E-state index in [1.807, 2.05) is 0 Å². The van der Waals surface area contributed by atoms with E-state index in [-0.39, 0.29) is 18.8 Å². The average Bonchev–Trinajstić information content (AvgIpc) is 2.92. The molecule has 0 saturated heterocycles. The normalized spacial score (nSPS) is 10.7. The van der Waals surface area contributed by atoms with Gasteiger partial charge in [0.25, 0.3) is 5.91 Å². The van der Waals surface area contributed by atoms with Crippen molar-refractivity contribution in [2.45, 2.75) is 6.92 Å². The number of carboxylic acid groups (broad SMARTS) is 1. The van der Waals surface area contributed by atoms with Gasteiger partial charge in [-0.25, -0.2) is 4.68 Å². The lowest BCUT2D eigenvalue weighted by Gasteiger charge is -2.18. The highest BCUT2D eigenvalue weighted by molar-refractivity contribution is 6.35. The first kappa shape index (κ1) is 19.2. The maximum absolute atomic E-state index is 12.6. The number of rotatable bonds is 7. The van der Waals surface area contributed by atoms with Crippen molar-refractivity contribution in [2.24, 2.45) is 0 Å². The number of methoxy groups -OCH3 is 1. The van der Waals surface area contributed by atoms with Gasteiger partial charge in [0.05, 0.1) is 17.3 Å². The molecule has 1 heterocycles. The summed E-state index contributed by atoms with van der Waals surface area (Å²) in [6.07, 6.45) is 0. The van der Waals surface area contributed by atoms with Crippen LogP contribution >= 0.6 is 23.2 Å². The summed E-state index contributed by atoms with van der Waals surface area (Å²) in [5.74, 6) is -1.60. The molecular weight excluding hydrogens is 369 g/mol. The minimum atomic E-state index is -1.11. The van der Waals surface area contributed by atoms with Gasteiger partial charge in [-0.2, -0.15) is 5.10 Å². The first-order valence-corrected chi connectivity index (χ1v) is 8.11. The molecule has 0 atom stereocenters. The maximum atomic E-state index is 12.6. The van der Waals surface area contributed by atoms with Gasteiger partial charge >= 0.3 is 5.97 Å². The number of carbonyl (C=O) groups is 2. The second-order valence-corrected chi connectivity index (χ2v) is 6.14. The van der Waals surface area contributed by atoms with E-state index < -0.39 is 18.4 Å². The van der Waals surface area contributed by atoms with Crippen molar-refractivity contribution in [1.29, 1.82) is 0 Å². The highest BCUT2D eigenvalue weighted by atomic mass is 35.5. The topological polar surface area (TPSA) is 84.7 Å². The van der Waals surface area contributed by atoms with Crippen molar-refractivity contribution in [2.75, 3.05) is 26.8 Å². The van der Waals surface area contributed by atoms with E-state index in [9.17, 15) is 9.59 Å². The molecule has 1 N–H and O–H groups in total. The molecule has 2 rings (SSSR count). The number of hydrogen-bond donors (Lipinski definition) is 1. The number of ether oxygens (including phenoxy) is 1. The number of benzene rings is 1. The molecule has 0 spiro atoms. The molecule has 1 amide bonds. The molecule has 0 fully saturated rings. The molecule has 9 heteroatoms. The molecule has 134 valence electrons. The zero-order valence-electron chi connectivity index (χ0n) is 13.7. The highest BCUT2D eigenvalue weighted by Gasteiger charge is 2.22. The van der Waals surface area contributed by atoms with Crippen LogP contribution in [-0.4, -0.2) is 58.5 Å². The van der Waals surface area contributed by atoms with Crippen LogP contribution in [0.4, 0.5) is 0 Å². The van der Waals surface area contributed by atoms with E-state index in [1.165, 1.54) is 16.7 Å². The molecule has 1 aromatic carbocycles. The quantitative estimate of drug-likeness (QED) is 0.791.